The standard InChI is InChI=1S/C9H17N3O/c1-8(2)6-13-11-5-9-4-10-7-12(9)3/h4,7-8,11H,5-6H2,1-3H3. The number of hydrogen-bond acceptors (Lipinski definition) is 3. The largest absolute Gasteiger partial charge is 0.336 e. The van der Waals surface area contributed by atoms with Gasteiger partial charge in [0.2, 0.25) is 0 Å². The van der Waals surface area contributed by atoms with Crippen LogP contribution in [-0.4, -0.2) is 16.2 Å². The van der Waals surface area contributed by atoms with Crippen LogP contribution in [0.1, 0.15) is 19.5 Å². The second kappa shape index (κ2) is 4.99. The molecule has 0 aliphatic carbocycles. The molecule has 1 aromatic rings. The first-order valence-corrected chi connectivity index (χ1v) is 4.50. The predicted molar refractivity (Wildman–Crippen MR) is 50.8 cm³/mol. The van der Waals surface area contributed by atoms with Gasteiger partial charge in [-0.25, -0.2) is 4.98 Å². The van der Waals surface area contributed by atoms with Crippen LogP contribution in [0.4, 0.5) is 0 Å². The van der Waals surface area contributed by atoms with Crippen molar-refractivity contribution in [2.45, 2.75) is 20.4 Å². The third-order valence-electron chi connectivity index (χ3n) is 1.69. The van der Waals surface area contributed by atoms with Crippen molar-refractivity contribution in [3.8, 4) is 0 Å². The molecule has 4 heteroatoms. The zero-order valence-corrected chi connectivity index (χ0v) is 8.45. The van der Waals surface area contributed by atoms with Gasteiger partial charge in [0.1, 0.15) is 0 Å². The third-order valence-corrected chi connectivity index (χ3v) is 1.69. The molecule has 0 saturated carbocycles. The molecule has 0 fully saturated rings. The van der Waals surface area contributed by atoms with Crippen molar-refractivity contribution in [1.29, 1.82) is 0 Å². The molecular formula is C9H17N3O. The quantitative estimate of drug-likeness (QED) is 0.549. The van der Waals surface area contributed by atoms with Crippen LogP contribution in [0.2, 0.25) is 0 Å². The fraction of sp³-hybridized carbons (Fsp3) is 0.667. The second-order valence-corrected chi connectivity index (χ2v) is 3.52. The predicted octanol–water partition coefficient (Wildman–Crippen LogP) is 1.10. The molecule has 0 aliphatic heterocycles. The summed E-state index contributed by atoms with van der Waals surface area (Å²) in [5, 5.41) is 0. The average molecular weight is 183 g/mol. The fourth-order valence-corrected chi connectivity index (χ4v) is 0.906. The number of aryl methyl sites for hydroxylation is 1. The molecule has 0 spiro atoms. The Balaban J connectivity index is 2.17. The molecular weight excluding hydrogens is 166 g/mol. The van der Waals surface area contributed by atoms with Gasteiger partial charge >= 0.3 is 0 Å². The molecule has 1 N–H and O–H groups in total. The van der Waals surface area contributed by atoms with Gasteiger partial charge in [0.05, 0.1) is 25.2 Å². The highest BCUT2D eigenvalue weighted by Gasteiger charge is 1.97. The number of nitrogens with zero attached hydrogens (tertiary/aromatic N) is 2. The molecule has 0 aliphatic rings. The molecule has 1 aromatic heterocycles. The Hall–Kier alpha value is -0.870. The summed E-state index contributed by atoms with van der Waals surface area (Å²) < 4.78 is 1.96. The van der Waals surface area contributed by atoms with Gasteiger partial charge in [-0.3, -0.25) is 0 Å². The minimum absolute atomic E-state index is 0.555. The molecule has 74 valence electrons. The van der Waals surface area contributed by atoms with Crippen LogP contribution in [0.25, 0.3) is 0 Å². The summed E-state index contributed by atoms with van der Waals surface area (Å²) in [5.74, 6) is 0.555. The van der Waals surface area contributed by atoms with Gasteiger partial charge in [0.15, 0.2) is 0 Å². The molecule has 0 saturated heterocycles. The molecule has 4 nitrogen and oxygen atoms in total. The Morgan fingerprint density at radius 1 is 1.62 bits per heavy atom. The highest BCUT2D eigenvalue weighted by Crippen LogP contribution is 1.95. The van der Waals surface area contributed by atoms with Gasteiger partial charge in [-0.15, -0.1) is 0 Å². The van der Waals surface area contributed by atoms with Gasteiger partial charge in [-0.05, 0) is 5.92 Å². The number of hydrogen-bond donors (Lipinski definition) is 1. The van der Waals surface area contributed by atoms with Crippen LogP contribution in [0.15, 0.2) is 12.5 Å². The molecule has 0 radical (unpaired) electrons. The van der Waals surface area contributed by atoms with Gasteiger partial charge < -0.3 is 9.40 Å². The van der Waals surface area contributed by atoms with E-state index in [0.29, 0.717) is 12.5 Å². The summed E-state index contributed by atoms with van der Waals surface area (Å²) in [4.78, 5) is 9.24. The van der Waals surface area contributed by atoms with Crippen LogP contribution in [-0.2, 0) is 18.4 Å². The molecule has 1 heterocycles. The monoisotopic (exact) mass is 183 g/mol. The van der Waals surface area contributed by atoms with E-state index in [0.717, 1.165) is 12.3 Å². The Morgan fingerprint density at radius 3 is 2.92 bits per heavy atom. The molecule has 0 unspecified atom stereocenters. The van der Waals surface area contributed by atoms with E-state index < -0.39 is 0 Å². The van der Waals surface area contributed by atoms with E-state index >= 15 is 0 Å². The van der Waals surface area contributed by atoms with Crippen LogP contribution in [0.5, 0.6) is 0 Å². The van der Waals surface area contributed by atoms with E-state index in [9.17, 15) is 0 Å². The average Bonchev–Trinajstić information content (AvgIpc) is 2.45. The highest BCUT2D eigenvalue weighted by atomic mass is 16.6. The lowest BCUT2D eigenvalue weighted by molar-refractivity contribution is 0.0186. The van der Waals surface area contributed by atoms with Crippen molar-refractivity contribution >= 4 is 0 Å². The van der Waals surface area contributed by atoms with E-state index in [1.54, 1.807) is 6.33 Å². The fourth-order valence-electron chi connectivity index (χ4n) is 0.906. The van der Waals surface area contributed by atoms with Crippen molar-refractivity contribution in [3.05, 3.63) is 18.2 Å². The van der Waals surface area contributed by atoms with Crippen molar-refractivity contribution < 1.29 is 4.84 Å². The minimum atomic E-state index is 0.555. The molecule has 0 aromatic carbocycles. The van der Waals surface area contributed by atoms with Crippen LogP contribution < -0.4 is 5.48 Å². The maximum atomic E-state index is 5.23. The lowest BCUT2D eigenvalue weighted by Crippen LogP contribution is -2.18. The summed E-state index contributed by atoms with van der Waals surface area (Å²) in [7, 11) is 1.96. The lowest BCUT2D eigenvalue weighted by Gasteiger charge is -2.07. The summed E-state index contributed by atoms with van der Waals surface area (Å²) >= 11 is 0. The molecule has 13 heavy (non-hydrogen) atoms. The summed E-state index contributed by atoms with van der Waals surface area (Å²) in [6.45, 7) is 5.67. The van der Waals surface area contributed by atoms with Crippen molar-refractivity contribution in [2.75, 3.05) is 6.61 Å². The number of hydroxylamine groups is 1. The lowest BCUT2D eigenvalue weighted by atomic mass is 10.2. The second-order valence-electron chi connectivity index (χ2n) is 3.52. The summed E-state index contributed by atoms with van der Waals surface area (Å²) in [6, 6.07) is 0. The van der Waals surface area contributed by atoms with E-state index in [1.165, 1.54) is 0 Å². The van der Waals surface area contributed by atoms with Crippen molar-refractivity contribution in [3.63, 3.8) is 0 Å². The number of aromatic nitrogens is 2. The number of nitrogens with one attached hydrogen (secondary N) is 1. The Labute approximate surface area is 78.9 Å². The van der Waals surface area contributed by atoms with Crippen molar-refractivity contribution in [1.82, 2.24) is 15.0 Å². The normalized spacial score (nSPS) is 11.1. The Morgan fingerprint density at radius 2 is 2.38 bits per heavy atom. The maximum absolute atomic E-state index is 5.23. The first kappa shape index (κ1) is 10.2. The zero-order chi connectivity index (χ0) is 9.68. The maximum Gasteiger partial charge on any atom is 0.0945 e. The SMILES string of the molecule is CC(C)CONCc1cncn1C. The Kier molecular flexibility index (Phi) is 3.92. The van der Waals surface area contributed by atoms with Gasteiger partial charge in [0.25, 0.3) is 0 Å². The van der Waals surface area contributed by atoms with Crippen LogP contribution in [0.3, 0.4) is 0 Å². The van der Waals surface area contributed by atoms with Crippen LogP contribution in [0, 0.1) is 5.92 Å². The highest BCUT2D eigenvalue weighted by molar-refractivity contribution is 4.95. The molecule has 0 amide bonds. The number of rotatable bonds is 5. The van der Waals surface area contributed by atoms with Gasteiger partial charge in [0, 0.05) is 13.2 Å². The van der Waals surface area contributed by atoms with E-state index in [2.05, 4.69) is 24.3 Å². The summed E-state index contributed by atoms with van der Waals surface area (Å²) in [5.41, 5.74) is 4.01. The first-order chi connectivity index (χ1) is 6.20. The van der Waals surface area contributed by atoms with Crippen molar-refractivity contribution in [2.24, 2.45) is 13.0 Å². The topological polar surface area (TPSA) is 39.1 Å². The molecule has 0 atom stereocenters. The number of imidazole rings is 1. The van der Waals surface area contributed by atoms with Gasteiger partial charge in [-0.1, -0.05) is 13.8 Å². The molecule has 0 bridgehead atoms. The third kappa shape index (κ3) is 3.57. The van der Waals surface area contributed by atoms with E-state index in [4.69, 9.17) is 4.84 Å². The smallest absolute Gasteiger partial charge is 0.0945 e. The zero-order valence-electron chi connectivity index (χ0n) is 8.45. The van der Waals surface area contributed by atoms with E-state index in [-0.39, 0.29) is 0 Å². The summed E-state index contributed by atoms with van der Waals surface area (Å²) in [6.07, 6.45) is 3.60. The molecule has 1 rings (SSSR count). The minimum Gasteiger partial charge on any atom is -0.336 e. The van der Waals surface area contributed by atoms with Gasteiger partial charge in [-0.2, -0.15) is 5.48 Å². The Bertz CT molecular complexity index is 245. The van der Waals surface area contributed by atoms with Crippen LogP contribution >= 0.6 is 0 Å². The first-order valence-electron chi connectivity index (χ1n) is 4.50. The van der Waals surface area contributed by atoms with E-state index in [1.807, 2.05) is 17.8 Å².